The summed E-state index contributed by atoms with van der Waals surface area (Å²) in [6, 6.07) is 11.4. The van der Waals surface area contributed by atoms with Crippen LogP contribution in [-0.2, 0) is 13.1 Å². The van der Waals surface area contributed by atoms with Crippen LogP contribution in [-0.4, -0.2) is 56.8 Å². The average molecular weight is 311 g/mol. The summed E-state index contributed by atoms with van der Waals surface area (Å²) < 4.78 is 2.17. The first kappa shape index (κ1) is 14.8. The SMILES string of the molecule is c1ccc(Cn2cnnc2CN2CCN(C3CCC3)CC2)cc1. The molecule has 4 rings (SSSR count). The van der Waals surface area contributed by atoms with Crippen molar-refractivity contribution in [1.82, 2.24) is 24.6 Å². The lowest BCUT2D eigenvalue weighted by Gasteiger charge is -2.42. The summed E-state index contributed by atoms with van der Waals surface area (Å²) in [5.41, 5.74) is 1.29. The number of aromatic nitrogens is 3. The number of piperazine rings is 1. The summed E-state index contributed by atoms with van der Waals surface area (Å²) in [6.45, 7) is 6.47. The Balaban J connectivity index is 1.34. The van der Waals surface area contributed by atoms with E-state index in [1.165, 1.54) is 37.9 Å². The second-order valence-corrected chi connectivity index (χ2v) is 6.76. The van der Waals surface area contributed by atoms with Crippen LogP contribution in [0, 0.1) is 0 Å². The van der Waals surface area contributed by atoms with Gasteiger partial charge in [0.25, 0.3) is 0 Å². The van der Waals surface area contributed by atoms with Gasteiger partial charge in [0.05, 0.1) is 13.1 Å². The van der Waals surface area contributed by atoms with E-state index in [4.69, 9.17) is 0 Å². The molecule has 0 bridgehead atoms. The predicted molar refractivity (Wildman–Crippen MR) is 90.1 cm³/mol. The molecule has 0 atom stereocenters. The predicted octanol–water partition coefficient (Wildman–Crippen LogP) is 2.00. The van der Waals surface area contributed by atoms with E-state index in [1.54, 1.807) is 0 Å². The standard InChI is InChI=1S/C18H25N5/c1-2-5-16(6-3-1)13-23-15-19-20-18(23)14-21-9-11-22(12-10-21)17-7-4-8-17/h1-3,5-6,15,17H,4,7-14H2. The van der Waals surface area contributed by atoms with E-state index in [-0.39, 0.29) is 0 Å². The minimum absolute atomic E-state index is 0.852. The fourth-order valence-corrected chi connectivity index (χ4v) is 3.55. The summed E-state index contributed by atoms with van der Waals surface area (Å²) in [6.07, 6.45) is 6.09. The maximum absolute atomic E-state index is 4.35. The summed E-state index contributed by atoms with van der Waals surface area (Å²) in [5.74, 6) is 1.07. The Bertz CT molecular complexity index is 611. The number of benzene rings is 1. The smallest absolute Gasteiger partial charge is 0.147 e. The largest absolute Gasteiger partial charge is 0.312 e. The monoisotopic (exact) mass is 311 g/mol. The van der Waals surface area contributed by atoms with Gasteiger partial charge in [0.15, 0.2) is 0 Å². The lowest BCUT2D eigenvalue weighted by Crippen LogP contribution is -2.52. The summed E-state index contributed by atoms with van der Waals surface area (Å²) in [5, 5.41) is 8.47. The minimum atomic E-state index is 0.852. The second kappa shape index (κ2) is 6.81. The highest BCUT2D eigenvalue weighted by atomic mass is 15.3. The lowest BCUT2D eigenvalue weighted by atomic mass is 9.91. The van der Waals surface area contributed by atoms with Gasteiger partial charge in [0.2, 0.25) is 0 Å². The topological polar surface area (TPSA) is 37.2 Å². The van der Waals surface area contributed by atoms with Crippen LogP contribution in [0.15, 0.2) is 36.7 Å². The third-order valence-corrected chi connectivity index (χ3v) is 5.25. The Morgan fingerprint density at radius 1 is 0.957 bits per heavy atom. The number of hydrogen-bond acceptors (Lipinski definition) is 4. The molecule has 0 spiro atoms. The molecule has 0 unspecified atom stereocenters. The van der Waals surface area contributed by atoms with Crippen molar-refractivity contribution in [2.75, 3.05) is 26.2 Å². The van der Waals surface area contributed by atoms with Crippen molar-refractivity contribution in [3.63, 3.8) is 0 Å². The zero-order chi connectivity index (χ0) is 15.5. The van der Waals surface area contributed by atoms with Gasteiger partial charge in [-0.3, -0.25) is 9.80 Å². The van der Waals surface area contributed by atoms with Crippen molar-refractivity contribution in [1.29, 1.82) is 0 Å². The van der Waals surface area contributed by atoms with Crippen molar-refractivity contribution < 1.29 is 0 Å². The van der Waals surface area contributed by atoms with Crippen molar-refractivity contribution in [3.05, 3.63) is 48.0 Å². The van der Waals surface area contributed by atoms with E-state index in [0.717, 1.165) is 38.0 Å². The maximum atomic E-state index is 4.35. The summed E-state index contributed by atoms with van der Waals surface area (Å²) in [7, 11) is 0. The van der Waals surface area contributed by atoms with Crippen LogP contribution >= 0.6 is 0 Å². The van der Waals surface area contributed by atoms with Crippen LogP contribution in [0.1, 0.15) is 30.7 Å². The first-order chi connectivity index (χ1) is 11.4. The van der Waals surface area contributed by atoms with E-state index in [1.807, 2.05) is 6.33 Å². The first-order valence-corrected chi connectivity index (χ1v) is 8.75. The molecule has 2 aromatic rings. The van der Waals surface area contributed by atoms with Gasteiger partial charge in [-0.25, -0.2) is 0 Å². The fraction of sp³-hybridized carbons (Fsp3) is 0.556. The molecular weight excluding hydrogens is 286 g/mol. The summed E-state index contributed by atoms with van der Waals surface area (Å²) >= 11 is 0. The van der Waals surface area contributed by atoms with E-state index in [9.17, 15) is 0 Å². The molecule has 122 valence electrons. The van der Waals surface area contributed by atoms with Crippen LogP contribution in [0.25, 0.3) is 0 Å². The van der Waals surface area contributed by atoms with Crippen LogP contribution < -0.4 is 0 Å². The molecule has 1 saturated carbocycles. The van der Waals surface area contributed by atoms with Crippen LogP contribution in [0.4, 0.5) is 0 Å². The van der Waals surface area contributed by atoms with Gasteiger partial charge >= 0.3 is 0 Å². The van der Waals surface area contributed by atoms with Gasteiger partial charge in [-0.1, -0.05) is 36.8 Å². The maximum Gasteiger partial charge on any atom is 0.147 e. The minimum Gasteiger partial charge on any atom is -0.312 e. The molecule has 1 aliphatic heterocycles. The molecule has 23 heavy (non-hydrogen) atoms. The Kier molecular flexibility index (Phi) is 4.39. The molecule has 0 radical (unpaired) electrons. The highest BCUT2D eigenvalue weighted by Gasteiger charge is 2.28. The van der Waals surface area contributed by atoms with E-state index in [0.29, 0.717) is 0 Å². The highest BCUT2D eigenvalue weighted by Crippen LogP contribution is 2.25. The zero-order valence-electron chi connectivity index (χ0n) is 13.6. The van der Waals surface area contributed by atoms with Gasteiger partial charge < -0.3 is 4.57 Å². The molecule has 1 aliphatic carbocycles. The molecule has 1 saturated heterocycles. The van der Waals surface area contributed by atoms with Crippen LogP contribution in [0.2, 0.25) is 0 Å². The molecule has 1 aromatic carbocycles. The number of rotatable bonds is 5. The molecule has 0 amide bonds. The van der Waals surface area contributed by atoms with Crippen molar-refractivity contribution in [2.45, 2.75) is 38.4 Å². The molecule has 5 heteroatoms. The van der Waals surface area contributed by atoms with E-state index in [2.05, 4.69) is 54.9 Å². The number of hydrogen-bond donors (Lipinski definition) is 0. The molecule has 2 heterocycles. The van der Waals surface area contributed by atoms with Gasteiger partial charge in [0, 0.05) is 32.2 Å². The van der Waals surface area contributed by atoms with Gasteiger partial charge in [-0.2, -0.15) is 0 Å². The van der Waals surface area contributed by atoms with Gasteiger partial charge in [0.1, 0.15) is 12.2 Å². The molecule has 5 nitrogen and oxygen atoms in total. The van der Waals surface area contributed by atoms with E-state index >= 15 is 0 Å². The van der Waals surface area contributed by atoms with Crippen molar-refractivity contribution in [3.8, 4) is 0 Å². The first-order valence-electron chi connectivity index (χ1n) is 8.75. The van der Waals surface area contributed by atoms with Crippen molar-refractivity contribution >= 4 is 0 Å². The molecular formula is C18H25N5. The van der Waals surface area contributed by atoms with E-state index < -0.39 is 0 Å². The Morgan fingerprint density at radius 3 is 2.43 bits per heavy atom. The van der Waals surface area contributed by atoms with Crippen molar-refractivity contribution in [2.24, 2.45) is 0 Å². The normalized spacial score (nSPS) is 20.5. The average Bonchev–Trinajstić information content (AvgIpc) is 2.95. The summed E-state index contributed by atoms with van der Waals surface area (Å²) in [4.78, 5) is 5.19. The Hall–Kier alpha value is -1.72. The Morgan fingerprint density at radius 2 is 1.74 bits per heavy atom. The van der Waals surface area contributed by atoms with Crippen LogP contribution in [0.3, 0.4) is 0 Å². The third-order valence-electron chi connectivity index (χ3n) is 5.25. The molecule has 2 aliphatic rings. The van der Waals surface area contributed by atoms with Gasteiger partial charge in [-0.05, 0) is 18.4 Å². The molecule has 0 N–H and O–H groups in total. The van der Waals surface area contributed by atoms with Crippen LogP contribution in [0.5, 0.6) is 0 Å². The zero-order valence-corrected chi connectivity index (χ0v) is 13.6. The quantitative estimate of drug-likeness (QED) is 0.846. The third kappa shape index (κ3) is 3.46. The second-order valence-electron chi connectivity index (χ2n) is 6.76. The lowest BCUT2D eigenvalue weighted by molar-refractivity contribution is 0.0573. The molecule has 2 fully saturated rings. The number of nitrogens with zero attached hydrogens (tertiary/aromatic N) is 5. The fourth-order valence-electron chi connectivity index (χ4n) is 3.55. The van der Waals surface area contributed by atoms with Gasteiger partial charge in [-0.15, -0.1) is 10.2 Å². The molecule has 1 aromatic heterocycles. The Labute approximate surface area is 137 Å². The highest BCUT2D eigenvalue weighted by molar-refractivity contribution is 5.15.